The predicted molar refractivity (Wildman–Crippen MR) is 122 cm³/mol. The van der Waals surface area contributed by atoms with Crippen molar-refractivity contribution in [2.75, 3.05) is 47.4 Å². The van der Waals surface area contributed by atoms with E-state index in [1.165, 1.54) is 70.6 Å². The Balaban J connectivity index is 3.16. The van der Waals surface area contributed by atoms with Crippen LogP contribution in [0.1, 0.15) is 103 Å². The number of amides is 1. The molecule has 1 N–H and O–H groups in total. The van der Waals surface area contributed by atoms with Gasteiger partial charge in [-0.2, -0.15) is 0 Å². The van der Waals surface area contributed by atoms with Crippen LogP contribution in [0.25, 0.3) is 0 Å². The van der Waals surface area contributed by atoms with Gasteiger partial charge >= 0.3 is 0 Å². The smallest absolute Gasteiger partial charge is 0.219 e. The maximum atomic E-state index is 11.8. The van der Waals surface area contributed by atoms with Crippen LogP contribution in [0.15, 0.2) is 0 Å². The minimum absolute atomic E-state index is 0.187. The summed E-state index contributed by atoms with van der Waals surface area (Å²) in [5.41, 5.74) is 0. The van der Waals surface area contributed by atoms with Crippen molar-refractivity contribution in [3.8, 4) is 0 Å². The van der Waals surface area contributed by atoms with Crippen molar-refractivity contribution in [1.82, 2.24) is 5.32 Å². The second-order valence-corrected chi connectivity index (χ2v) is 9.32. The highest BCUT2D eigenvalue weighted by molar-refractivity contribution is 5.75. The first-order valence-corrected chi connectivity index (χ1v) is 12.1. The molecule has 0 atom stereocenters. The molecule has 0 aromatic carbocycles. The standard InChI is InChI=1S/C24H50N2O2/c1-5-6-7-8-9-10-11-12-13-14-16-22-28-23-17-15-19-24(27)25-20-18-21-26(2,3)4/h5-23H2,1-4H3/p+1. The van der Waals surface area contributed by atoms with Crippen LogP contribution in [0.3, 0.4) is 0 Å². The zero-order valence-corrected chi connectivity index (χ0v) is 19.7. The molecule has 0 heterocycles. The Morgan fingerprint density at radius 3 is 1.75 bits per heavy atom. The summed E-state index contributed by atoms with van der Waals surface area (Å²) in [5, 5.41) is 3.02. The van der Waals surface area contributed by atoms with Gasteiger partial charge in [-0.25, -0.2) is 0 Å². The Morgan fingerprint density at radius 1 is 0.714 bits per heavy atom. The van der Waals surface area contributed by atoms with E-state index < -0.39 is 0 Å². The fourth-order valence-corrected chi connectivity index (χ4v) is 3.33. The minimum atomic E-state index is 0.187. The number of carbonyl (C=O) groups excluding carboxylic acids is 1. The molecule has 0 saturated carbocycles. The van der Waals surface area contributed by atoms with Gasteiger partial charge in [-0.3, -0.25) is 4.79 Å². The average molecular weight is 400 g/mol. The Bertz CT molecular complexity index is 340. The number of carbonyl (C=O) groups is 1. The topological polar surface area (TPSA) is 38.3 Å². The van der Waals surface area contributed by atoms with Gasteiger partial charge in [0.05, 0.1) is 27.7 Å². The maximum Gasteiger partial charge on any atom is 0.219 e. The van der Waals surface area contributed by atoms with Crippen molar-refractivity contribution in [1.29, 1.82) is 0 Å². The molecule has 0 aromatic heterocycles. The van der Waals surface area contributed by atoms with Gasteiger partial charge in [0.1, 0.15) is 0 Å². The van der Waals surface area contributed by atoms with Crippen molar-refractivity contribution in [2.24, 2.45) is 0 Å². The van der Waals surface area contributed by atoms with Gasteiger partial charge in [-0.15, -0.1) is 0 Å². The molecule has 28 heavy (non-hydrogen) atoms. The van der Waals surface area contributed by atoms with Crippen molar-refractivity contribution in [3.05, 3.63) is 0 Å². The summed E-state index contributed by atoms with van der Waals surface area (Å²) in [6.07, 6.45) is 18.7. The predicted octanol–water partition coefficient (Wildman–Crippen LogP) is 5.70. The normalized spacial score (nSPS) is 11.7. The molecule has 0 unspecified atom stereocenters. The molecule has 0 aliphatic carbocycles. The molecule has 0 saturated heterocycles. The molecule has 0 aromatic rings. The van der Waals surface area contributed by atoms with Gasteiger partial charge < -0.3 is 14.5 Å². The van der Waals surface area contributed by atoms with Crippen LogP contribution >= 0.6 is 0 Å². The number of unbranched alkanes of at least 4 members (excludes halogenated alkanes) is 11. The Morgan fingerprint density at radius 2 is 1.21 bits per heavy atom. The molecule has 0 rings (SSSR count). The lowest BCUT2D eigenvalue weighted by Gasteiger charge is -2.23. The van der Waals surface area contributed by atoms with Gasteiger partial charge in [-0.1, -0.05) is 71.1 Å². The van der Waals surface area contributed by atoms with Gasteiger partial charge in [0, 0.05) is 32.6 Å². The number of quaternary nitrogens is 1. The van der Waals surface area contributed by atoms with E-state index in [-0.39, 0.29) is 5.91 Å². The molecule has 168 valence electrons. The van der Waals surface area contributed by atoms with E-state index >= 15 is 0 Å². The third kappa shape index (κ3) is 23.4. The van der Waals surface area contributed by atoms with E-state index in [0.29, 0.717) is 6.42 Å². The van der Waals surface area contributed by atoms with Crippen LogP contribution in [0.4, 0.5) is 0 Å². The van der Waals surface area contributed by atoms with Crippen LogP contribution < -0.4 is 5.32 Å². The van der Waals surface area contributed by atoms with Crippen molar-refractivity contribution in [3.63, 3.8) is 0 Å². The highest BCUT2D eigenvalue weighted by Crippen LogP contribution is 2.11. The number of hydrogen-bond acceptors (Lipinski definition) is 2. The second kappa shape index (κ2) is 19.7. The second-order valence-electron chi connectivity index (χ2n) is 9.32. The number of nitrogens with zero attached hydrogens (tertiary/aromatic N) is 1. The highest BCUT2D eigenvalue weighted by Gasteiger charge is 2.06. The largest absolute Gasteiger partial charge is 0.381 e. The molecular formula is C24H51N2O2+. The van der Waals surface area contributed by atoms with Crippen LogP contribution in [0, 0.1) is 0 Å². The van der Waals surface area contributed by atoms with Crippen LogP contribution in [0.2, 0.25) is 0 Å². The van der Waals surface area contributed by atoms with Crippen LogP contribution in [0.5, 0.6) is 0 Å². The number of hydrogen-bond donors (Lipinski definition) is 1. The van der Waals surface area contributed by atoms with E-state index in [0.717, 1.165) is 50.0 Å². The summed E-state index contributed by atoms with van der Waals surface area (Å²) < 4.78 is 6.65. The quantitative estimate of drug-likeness (QED) is 0.199. The summed E-state index contributed by atoms with van der Waals surface area (Å²) in [5.74, 6) is 0.187. The first-order valence-electron chi connectivity index (χ1n) is 12.1. The maximum absolute atomic E-state index is 11.8. The summed E-state index contributed by atoms with van der Waals surface area (Å²) in [6.45, 7) is 5.84. The van der Waals surface area contributed by atoms with Crippen molar-refractivity contribution >= 4 is 5.91 Å². The van der Waals surface area contributed by atoms with E-state index in [9.17, 15) is 4.79 Å². The van der Waals surface area contributed by atoms with Crippen molar-refractivity contribution < 1.29 is 14.0 Å². The van der Waals surface area contributed by atoms with Gasteiger partial charge in [-0.05, 0) is 19.3 Å². The molecule has 4 nitrogen and oxygen atoms in total. The minimum Gasteiger partial charge on any atom is -0.381 e. The Kier molecular flexibility index (Phi) is 19.3. The Hall–Kier alpha value is -0.610. The zero-order valence-electron chi connectivity index (χ0n) is 19.7. The van der Waals surface area contributed by atoms with Crippen LogP contribution in [-0.2, 0) is 9.53 Å². The van der Waals surface area contributed by atoms with E-state index in [1.54, 1.807) is 0 Å². The molecule has 0 spiro atoms. The first-order chi connectivity index (χ1) is 13.5. The molecular weight excluding hydrogens is 348 g/mol. The molecule has 1 amide bonds. The highest BCUT2D eigenvalue weighted by atomic mass is 16.5. The first kappa shape index (κ1) is 27.4. The van der Waals surface area contributed by atoms with Crippen molar-refractivity contribution in [2.45, 2.75) is 103 Å². The van der Waals surface area contributed by atoms with Gasteiger partial charge in [0.15, 0.2) is 0 Å². The van der Waals surface area contributed by atoms with Gasteiger partial charge in [0.25, 0.3) is 0 Å². The third-order valence-electron chi connectivity index (χ3n) is 5.16. The van der Waals surface area contributed by atoms with E-state index in [1.807, 2.05) is 0 Å². The fraction of sp³-hybridized carbons (Fsp3) is 0.958. The molecule has 4 heteroatoms. The molecule has 0 radical (unpaired) electrons. The number of ether oxygens (including phenoxy) is 1. The molecule has 0 aliphatic rings. The summed E-state index contributed by atoms with van der Waals surface area (Å²) in [4.78, 5) is 11.8. The summed E-state index contributed by atoms with van der Waals surface area (Å²) in [7, 11) is 6.54. The average Bonchev–Trinajstić information content (AvgIpc) is 2.64. The summed E-state index contributed by atoms with van der Waals surface area (Å²) >= 11 is 0. The summed E-state index contributed by atoms with van der Waals surface area (Å²) in [6, 6.07) is 0. The SMILES string of the molecule is CCCCCCCCCCCCCOCCCCC(=O)NCCC[N+](C)(C)C. The number of rotatable bonds is 21. The Labute approximate surface area is 176 Å². The molecule has 0 fully saturated rings. The monoisotopic (exact) mass is 399 g/mol. The number of nitrogens with one attached hydrogen (secondary N) is 1. The fourth-order valence-electron chi connectivity index (χ4n) is 3.33. The van der Waals surface area contributed by atoms with E-state index in [4.69, 9.17) is 4.74 Å². The third-order valence-corrected chi connectivity index (χ3v) is 5.16. The molecule has 0 aliphatic heterocycles. The lowest BCUT2D eigenvalue weighted by Crippen LogP contribution is -2.37. The van der Waals surface area contributed by atoms with Crippen LogP contribution in [-0.4, -0.2) is 57.8 Å². The lowest BCUT2D eigenvalue weighted by atomic mass is 10.1. The van der Waals surface area contributed by atoms with E-state index in [2.05, 4.69) is 33.4 Å². The zero-order chi connectivity index (χ0) is 20.9. The molecule has 0 bridgehead atoms. The van der Waals surface area contributed by atoms with Gasteiger partial charge in [0.2, 0.25) is 5.91 Å². The lowest BCUT2D eigenvalue weighted by molar-refractivity contribution is -0.870.